The second-order valence-corrected chi connectivity index (χ2v) is 27.5. The Morgan fingerprint density at radius 2 is 1.76 bits per heavy atom. The lowest BCUT2D eigenvalue weighted by Gasteiger charge is -2.67. The van der Waals surface area contributed by atoms with Crippen LogP contribution in [0, 0.1) is 82.4 Å². The molecule has 20 atom stereocenters. The number of ether oxygens (including phenoxy) is 1. The average Bonchev–Trinajstić information content (AvgIpc) is 1.77. The number of aromatic amines is 1. The Bertz CT molecular complexity index is 3530. The number of ketones is 2. The van der Waals surface area contributed by atoms with Gasteiger partial charge in [0.25, 0.3) is 0 Å². The number of nitrogens with one attached hydrogen (secondary N) is 4. The number of benzene rings is 3. The number of carbonyl (C=O) groups excluding carboxylic acids is 2. The number of hydrogen-bond acceptors (Lipinski definition) is 13. The molecule has 4 aromatic rings. The van der Waals surface area contributed by atoms with Gasteiger partial charge in [-0.1, -0.05) is 84.9 Å². The van der Waals surface area contributed by atoms with E-state index in [9.17, 15) is 35.4 Å². The number of dihydropyridines is 1. The van der Waals surface area contributed by atoms with Gasteiger partial charge in [0.05, 0.1) is 31.2 Å². The van der Waals surface area contributed by atoms with Crippen LogP contribution in [0.25, 0.3) is 16.8 Å². The van der Waals surface area contributed by atoms with E-state index in [0.29, 0.717) is 63.0 Å². The van der Waals surface area contributed by atoms with Crippen molar-refractivity contribution in [1.82, 2.24) is 20.9 Å². The quantitative estimate of drug-likeness (QED) is 0.0489. The summed E-state index contributed by atoms with van der Waals surface area (Å²) in [5.41, 5.74) is 11.6. The number of H-pyrrole nitrogens is 1. The molecule has 446 valence electrons. The topological polar surface area (TPSA) is 243 Å². The number of rotatable bonds is 12. The summed E-state index contributed by atoms with van der Waals surface area (Å²) in [5.74, 6) is 14.8. The third-order valence-corrected chi connectivity index (χ3v) is 23.3. The molecule has 12 N–H and O–H groups in total. The number of piperidine rings is 1. The van der Waals surface area contributed by atoms with Crippen molar-refractivity contribution in [2.24, 2.45) is 64.4 Å². The second-order valence-electron chi connectivity index (χ2n) is 27.5. The van der Waals surface area contributed by atoms with Crippen LogP contribution in [0.15, 0.2) is 90.4 Å². The molecule has 4 saturated carbocycles. The Balaban J connectivity index is 0.822. The first-order valence-electron chi connectivity index (χ1n) is 31.8. The van der Waals surface area contributed by atoms with Gasteiger partial charge in [-0.25, -0.2) is 0 Å². The highest BCUT2D eigenvalue weighted by Gasteiger charge is 2.67. The second kappa shape index (κ2) is 22.2. The summed E-state index contributed by atoms with van der Waals surface area (Å²) < 4.78 is 5.62. The number of carbonyl (C=O) groups is 2. The van der Waals surface area contributed by atoms with Gasteiger partial charge >= 0.3 is 0 Å². The van der Waals surface area contributed by atoms with E-state index >= 15 is 4.79 Å². The summed E-state index contributed by atoms with van der Waals surface area (Å²) in [4.78, 5) is 33.5. The van der Waals surface area contributed by atoms with Gasteiger partial charge < -0.3 is 62.0 Å². The molecule has 3 aromatic carbocycles. The van der Waals surface area contributed by atoms with Crippen LogP contribution < -0.4 is 26.4 Å². The van der Waals surface area contributed by atoms with Crippen molar-refractivity contribution >= 4 is 28.4 Å². The van der Waals surface area contributed by atoms with E-state index in [0.717, 1.165) is 52.3 Å². The number of nitrogens with two attached hydrogens (primary N) is 1. The standard InChI is InChI=1S/C71H83N5O9/c1-70-23-6-10-45(70)9-5-11-51-64-47(17-19-61(83)84)62(50(36-75-70)66-68(64)67-52(76-51)34-53(77)46-16-14-44-35-74-69(66)63(44)65(46)67)43-21-25-71(59(82)30-43)24-20-41(49-33-56(80)57(85-2)29-40(49)15-18-58(71)81)28-54(78)55(79)32-48(42-22-26-73-60(72)31-42)39-13-12-37-7-3-4-8-38(37)27-39/h3-4,7-8,12-14,16,22,27,29,31,33,35,41,43,45-48,50-52,54-55,59,61-62,64-68,73-76,78-80,82-84H,6,10-11,15,17-19,21,23,25-26,28,30,32,34,36,72H2,1-2H3/t41-,43+,45-,46+,47-,48+,50-,51+,52-,54+,55-,59-,62-,64-,65+,66-,67-,68-,70+,71-/m1/s1. The lowest BCUT2D eigenvalue weighted by Crippen LogP contribution is -2.70. The SMILES string of the molecule is COc1cc2c(cc1O)[C@@H](C[C@H](O)[C@H](O)C[C@H](C1=CCNC(N)=C1)c1ccc3ccccc3c1)C#C[C@@]1(CC[C@H]([C@@H]3[C@@H](CCC(O)O)[C@H]4[C@@H]5[C@@H]6c7[nH]cc8c7[C@H]7[C@H]5[C@@H](CC(=O)[C@@H]7C=C8)N[C@H]4CC#C[C@@H]4CCC[C@]4(C)NC[C@@H]63)C[C@H]1O)C(=O)CC2. The van der Waals surface area contributed by atoms with Crippen molar-refractivity contribution in [3.05, 3.63) is 124 Å². The Morgan fingerprint density at radius 3 is 2.58 bits per heavy atom. The molecule has 7 aliphatic carbocycles. The van der Waals surface area contributed by atoms with Crippen molar-refractivity contribution in [3.8, 4) is 35.2 Å². The number of phenolic OH excluding ortho intramolecular Hbond substituents is 1. The molecule has 4 heterocycles. The fourth-order valence-electron chi connectivity index (χ4n) is 19.4. The van der Waals surface area contributed by atoms with E-state index < -0.39 is 35.9 Å². The number of Topliss-reactive ketones (excluding diaryl/α,β-unsaturated/α-hetero) is 2. The van der Waals surface area contributed by atoms with E-state index in [1.165, 1.54) is 18.4 Å². The van der Waals surface area contributed by atoms with Crippen molar-refractivity contribution < 1.29 is 45.0 Å². The molecule has 14 heteroatoms. The van der Waals surface area contributed by atoms with E-state index in [4.69, 9.17) is 10.5 Å². The van der Waals surface area contributed by atoms with Crippen LogP contribution in [0.3, 0.4) is 0 Å². The van der Waals surface area contributed by atoms with Crippen LogP contribution in [0.4, 0.5) is 0 Å². The minimum atomic E-state index is -1.50. The van der Waals surface area contributed by atoms with E-state index in [-0.39, 0.29) is 144 Å². The molecular weight excluding hydrogens is 1070 g/mol. The van der Waals surface area contributed by atoms with Gasteiger partial charge in [0, 0.05) is 90.8 Å². The van der Waals surface area contributed by atoms with Gasteiger partial charge in [0.1, 0.15) is 11.2 Å². The molecule has 3 aliphatic heterocycles. The molecule has 14 nitrogen and oxygen atoms in total. The van der Waals surface area contributed by atoms with Gasteiger partial charge in [-0.3, -0.25) is 9.59 Å². The lowest BCUT2D eigenvalue weighted by molar-refractivity contribution is -0.149. The molecule has 10 aliphatic rings. The molecule has 0 unspecified atom stereocenters. The maximum Gasteiger partial charge on any atom is 0.160 e. The number of fused-ring (bicyclic) bond motifs is 7. The fourth-order valence-corrected chi connectivity index (χ4v) is 19.4. The molecular formula is C71H83N5O9. The van der Waals surface area contributed by atoms with Crippen LogP contribution in [0.1, 0.15) is 148 Å². The third kappa shape index (κ3) is 9.69. The summed E-state index contributed by atoms with van der Waals surface area (Å²) in [5, 5.41) is 84.5. The average molecular weight is 1150 g/mol. The molecule has 2 bridgehead atoms. The van der Waals surface area contributed by atoms with Crippen molar-refractivity contribution in [3.63, 3.8) is 0 Å². The van der Waals surface area contributed by atoms with Crippen molar-refractivity contribution in [1.29, 1.82) is 0 Å². The van der Waals surface area contributed by atoms with E-state index in [2.05, 4.69) is 106 Å². The maximum atomic E-state index is 15.3. The highest BCUT2D eigenvalue weighted by Crippen LogP contribution is 2.69. The number of aromatic nitrogens is 1. The van der Waals surface area contributed by atoms with Crippen LogP contribution in [0.2, 0.25) is 0 Å². The van der Waals surface area contributed by atoms with Gasteiger partial charge in [-0.2, -0.15) is 0 Å². The highest BCUT2D eigenvalue weighted by molar-refractivity contribution is 5.90. The van der Waals surface area contributed by atoms with E-state index in [1.54, 1.807) is 12.1 Å². The van der Waals surface area contributed by atoms with Gasteiger partial charge in [0.15, 0.2) is 23.6 Å². The van der Waals surface area contributed by atoms with Gasteiger partial charge in [-0.05, 0) is 181 Å². The number of aromatic hydroxyl groups is 1. The molecule has 1 saturated heterocycles. The predicted octanol–water partition coefficient (Wildman–Crippen LogP) is 7.44. The predicted molar refractivity (Wildman–Crippen MR) is 324 cm³/mol. The molecule has 5 fully saturated rings. The maximum absolute atomic E-state index is 15.3. The monoisotopic (exact) mass is 1150 g/mol. The van der Waals surface area contributed by atoms with Crippen molar-refractivity contribution in [2.45, 2.75) is 163 Å². The summed E-state index contributed by atoms with van der Waals surface area (Å²) in [6, 6.07) is 17.7. The zero-order valence-corrected chi connectivity index (χ0v) is 48.9. The summed E-state index contributed by atoms with van der Waals surface area (Å²) in [7, 11) is 1.48. The zero-order chi connectivity index (χ0) is 58.6. The molecule has 1 aromatic heterocycles. The summed E-state index contributed by atoms with van der Waals surface area (Å²) >= 11 is 0. The number of methoxy groups -OCH3 is 1. The zero-order valence-electron chi connectivity index (χ0n) is 48.9. The Labute approximate surface area is 498 Å². The van der Waals surface area contributed by atoms with Crippen LogP contribution in [-0.2, 0) is 16.0 Å². The largest absolute Gasteiger partial charge is 0.504 e. The Kier molecular flexibility index (Phi) is 14.8. The van der Waals surface area contributed by atoms with Crippen LogP contribution in [-0.4, -0.2) is 110 Å². The van der Waals surface area contributed by atoms with Gasteiger partial charge in [-0.15, -0.1) is 5.92 Å². The highest BCUT2D eigenvalue weighted by atomic mass is 16.5. The summed E-state index contributed by atoms with van der Waals surface area (Å²) in [6.45, 7) is 3.58. The van der Waals surface area contributed by atoms with Crippen molar-refractivity contribution in [2.75, 3.05) is 20.2 Å². The number of aliphatic hydroxyl groups excluding tert-OH is 4. The number of allylic oxidation sites excluding steroid dienone is 3. The Morgan fingerprint density at radius 1 is 0.918 bits per heavy atom. The third-order valence-electron chi connectivity index (χ3n) is 23.3. The van der Waals surface area contributed by atoms with E-state index in [1.807, 2.05) is 18.2 Å². The first-order valence-corrected chi connectivity index (χ1v) is 31.8. The molecule has 14 rings (SSSR count). The number of phenols is 1. The first kappa shape index (κ1) is 56.6. The summed E-state index contributed by atoms with van der Waals surface area (Å²) in [6.07, 6.45) is 11.9. The first-order chi connectivity index (χ1) is 41.1. The smallest absolute Gasteiger partial charge is 0.160 e. The van der Waals surface area contributed by atoms with Crippen LogP contribution >= 0.6 is 0 Å². The van der Waals surface area contributed by atoms with Gasteiger partial charge in [0.2, 0.25) is 0 Å². The molecule has 1 spiro atoms. The number of aliphatic hydroxyl groups is 5. The fraction of sp³-hybridized carbons (Fsp3) is 0.549. The minimum Gasteiger partial charge on any atom is -0.504 e. The Hall–Kier alpha value is -6.20. The number of hydrogen-bond donors (Lipinski definition) is 11. The number of aryl methyl sites for hydroxylation is 1. The normalized spacial score (nSPS) is 36.9. The van der Waals surface area contributed by atoms with Crippen LogP contribution in [0.5, 0.6) is 11.5 Å². The lowest BCUT2D eigenvalue weighted by atomic mass is 9.40. The minimum absolute atomic E-state index is 0.00351. The molecule has 85 heavy (non-hydrogen) atoms. The molecule has 0 radical (unpaired) electrons. The molecule has 0 amide bonds.